The fourth-order valence-corrected chi connectivity index (χ4v) is 2.13. The van der Waals surface area contributed by atoms with Gasteiger partial charge in [0, 0.05) is 12.6 Å². The third-order valence-corrected chi connectivity index (χ3v) is 3.44. The van der Waals surface area contributed by atoms with Gasteiger partial charge in [0.25, 0.3) is 12.3 Å². The van der Waals surface area contributed by atoms with Crippen molar-refractivity contribution in [1.82, 2.24) is 9.69 Å². The Morgan fingerprint density at radius 1 is 1.58 bits per heavy atom. The maximum atomic E-state index is 12.2. The number of aliphatic hydroxyl groups is 1. The maximum Gasteiger partial charge on any atom is 0.265 e. The molecule has 1 atom stereocenters. The van der Waals surface area contributed by atoms with Crippen molar-refractivity contribution < 1.29 is 18.7 Å². The number of rotatable bonds is 6. The van der Waals surface area contributed by atoms with Gasteiger partial charge >= 0.3 is 0 Å². The topological polar surface area (TPSA) is 100 Å². The van der Waals surface area contributed by atoms with E-state index in [0.717, 1.165) is 24.4 Å². The van der Waals surface area contributed by atoms with E-state index in [2.05, 4.69) is 15.0 Å². The van der Waals surface area contributed by atoms with Crippen molar-refractivity contribution in [3.8, 4) is 0 Å². The minimum absolute atomic E-state index is 0.0530. The quantitative estimate of drug-likeness (QED) is 0.617. The molecule has 106 valence electrons. The highest BCUT2D eigenvalue weighted by atomic mass is 32.1. The number of alkyl halides is 2. The molecule has 9 heteroatoms. The molecule has 1 aliphatic carbocycles. The highest BCUT2D eigenvalue weighted by Crippen LogP contribution is 2.28. The molecular formula is C10H14F2N4O2S. The Kier molecular flexibility index (Phi) is 4.15. The lowest BCUT2D eigenvalue weighted by Crippen LogP contribution is -2.29. The lowest BCUT2D eigenvalue weighted by Gasteiger charge is -2.11. The van der Waals surface area contributed by atoms with Crippen LogP contribution in [0.4, 0.5) is 19.6 Å². The number of carbonyl (C=O) groups excluding carboxylic acids is 1. The van der Waals surface area contributed by atoms with Crippen molar-refractivity contribution in [3.63, 3.8) is 0 Å². The highest BCUT2D eigenvalue weighted by Gasteiger charge is 2.28. The molecule has 0 saturated heterocycles. The molecule has 1 saturated carbocycles. The first kappa shape index (κ1) is 13.9. The molecule has 1 aliphatic rings. The summed E-state index contributed by atoms with van der Waals surface area (Å²) in [7, 11) is 0. The van der Waals surface area contributed by atoms with E-state index in [-0.39, 0.29) is 34.9 Å². The molecule has 1 amide bonds. The van der Waals surface area contributed by atoms with Crippen molar-refractivity contribution >= 4 is 28.3 Å². The lowest BCUT2D eigenvalue weighted by atomic mass is 10.2. The van der Waals surface area contributed by atoms with Gasteiger partial charge in [-0.15, -0.1) is 0 Å². The summed E-state index contributed by atoms with van der Waals surface area (Å²) in [6, 6.07) is 0.159. The van der Waals surface area contributed by atoms with Crippen LogP contribution in [-0.4, -0.2) is 40.5 Å². The Bertz CT molecular complexity index is 464. The standard InChI is InChI=1S/C10H14F2N4O2S/c11-7(12)5(17)3-14-10-6(8(13)16-19-10)9(18)15-4-1-2-4/h4-5,7,14,17H,1-3H2,(H2,13,16)(H,15,18). The smallest absolute Gasteiger partial charge is 0.265 e. The second-order valence-electron chi connectivity index (χ2n) is 4.30. The summed E-state index contributed by atoms with van der Waals surface area (Å²) in [6.07, 6.45) is -2.80. The van der Waals surface area contributed by atoms with Crippen LogP contribution in [0, 0.1) is 0 Å². The zero-order valence-electron chi connectivity index (χ0n) is 9.90. The predicted molar refractivity (Wildman–Crippen MR) is 67.5 cm³/mol. The molecule has 1 aromatic rings. The zero-order valence-corrected chi connectivity index (χ0v) is 10.7. The normalized spacial score (nSPS) is 16.4. The number of aliphatic hydroxyl groups excluding tert-OH is 1. The molecule has 19 heavy (non-hydrogen) atoms. The Balaban J connectivity index is 2.01. The van der Waals surface area contributed by atoms with Gasteiger partial charge in [-0.25, -0.2) is 8.78 Å². The second-order valence-corrected chi connectivity index (χ2v) is 5.08. The maximum absolute atomic E-state index is 12.2. The van der Waals surface area contributed by atoms with Crippen LogP contribution in [-0.2, 0) is 0 Å². The van der Waals surface area contributed by atoms with Crippen molar-refractivity contribution in [2.24, 2.45) is 0 Å². The van der Waals surface area contributed by atoms with Gasteiger partial charge in [0.2, 0.25) is 0 Å². The molecule has 0 bridgehead atoms. The summed E-state index contributed by atoms with van der Waals surface area (Å²) in [5.41, 5.74) is 5.74. The van der Waals surface area contributed by atoms with Crippen LogP contribution in [0.1, 0.15) is 23.2 Å². The van der Waals surface area contributed by atoms with E-state index in [9.17, 15) is 13.6 Å². The minimum Gasteiger partial charge on any atom is -0.385 e. The van der Waals surface area contributed by atoms with Crippen molar-refractivity contribution in [3.05, 3.63) is 5.56 Å². The number of hydrogen-bond acceptors (Lipinski definition) is 6. The number of halogens is 2. The average Bonchev–Trinajstić information content (AvgIpc) is 3.07. The van der Waals surface area contributed by atoms with Gasteiger partial charge in [-0.3, -0.25) is 4.79 Å². The predicted octanol–water partition coefficient (Wildman–Crippen LogP) is 0.655. The number of amides is 1. The molecule has 0 spiro atoms. The average molecular weight is 292 g/mol. The van der Waals surface area contributed by atoms with Gasteiger partial charge in [0.15, 0.2) is 5.82 Å². The molecule has 2 rings (SSSR count). The van der Waals surface area contributed by atoms with Crippen LogP contribution < -0.4 is 16.4 Å². The molecule has 6 nitrogen and oxygen atoms in total. The summed E-state index contributed by atoms with van der Waals surface area (Å²) < 4.78 is 28.2. The Morgan fingerprint density at radius 2 is 2.26 bits per heavy atom. The molecule has 0 aromatic carbocycles. The number of hydrogen-bond donors (Lipinski definition) is 4. The number of aromatic nitrogens is 1. The van der Waals surface area contributed by atoms with Gasteiger partial charge in [0.1, 0.15) is 16.7 Å². The molecule has 5 N–H and O–H groups in total. The van der Waals surface area contributed by atoms with E-state index in [4.69, 9.17) is 10.8 Å². The monoisotopic (exact) mass is 292 g/mol. The summed E-state index contributed by atoms with van der Waals surface area (Å²) >= 11 is 0.903. The molecule has 0 aliphatic heterocycles. The second kappa shape index (κ2) is 5.66. The van der Waals surface area contributed by atoms with Gasteiger partial charge in [-0.1, -0.05) is 0 Å². The largest absolute Gasteiger partial charge is 0.385 e. The first-order chi connectivity index (χ1) is 8.99. The van der Waals surface area contributed by atoms with Crippen LogP contribution in [0.5, 0.6) is 0 Å². The Morgan fingerprint density at radius 3 is 2.84 bits per heavy atom. The van der Waals surface area contributed by atoms with Crippen LogP contribution in [0.2, 0.25) is 0 Å². The van der Waals surface area contributed by atoms with Crippen LogP contribution in [0.25, 0.3) is 0 Å². The number of nitrogen functional groups attached to an aromatic ring is 1. The summed E-state index contributed by atoms with van der Waals surface area (Å²) in [5, 5.41) is 14.6. The Labute approximate surface area is 112 Å². The molecular weight excluding hydrogens is 278 g/mol. The van der Waals surface area contributed by atoms with E-state index < -0.39 is 12.5 Å². The summed E-state index contributed by atoms with van der Waals surface area (Å²) in [5.74, 6) is -0.319. The number of nitrogens with zero attached hydrogens (tertiary/aromatic N) is 1. The van der Waals surface area contributed by atoms with Crippen molar-refractivity contribution in [2.75, 3.05) is 17.6 Å². The van der Waals surface area contributed by atoms with E-state index >= 15 is 0 Å². The van der Waals surface area contributed by atoms with Gasteiger partial charge < -0.3 is 21.5 Å². The fourth-order valence-electron chi connectivity index (χ4n) is 1.41. The fraction of sp³-hybridized carbons (Fsp3) is 0.600. The first-order valence-electron chi connectivity index (χ1n) is 5.75. The summed E-state index contributed by atoms with van der Waals surface area (Å²) in [4.78, 5) is 11.9. The molecule has 1 fully saturated rings. The lowest BCUT2D eigenvalue weighted by molar-refractivity contribution is 0.00387. The van der Waals surface area contributed by atoms with Crippen molar-refractivity contribution in [2.45, 2.75) is 31.4 Å². The SMILES string of the molecule is Nc1nsc(NCC(O)C(F)F)c1C(=O)NC1CC1. The van der Waals surface area contributed by atoms with Gasteiger partial charge in [0.05, 0.1) is 0 Å². The Hall–Kier alpha value is -1.48. The minimum atomic E-state index is -2.85. The third-order valence-electron chi connectivity index (χ3n) is 2.62. The van der Waals surface area contributed by atoms with Gasteiger partial charge in [-0.05, 0) is 24.4 Å². The molecule has 1 aromatic heterocycles. The van der Waals surface area contributed by atoms with Crippen molar-refractivity contribution in [1.29, 1.82) is 0 Å². The molecule has 1 unspecified atom stereocenters. The number of carbonyl (C=O) groups is 1. The van der Waals surface area contributed by atoms with Crippen LogP contribution in [0.3, 0.4) is 0 Å². The van der Waals surface area contributed by atoms with Crippen LogP contribution in [0.15, 0.2) is 0 Å². The van der Waals surface area contributed by atoms with Gasteiger partial charge in [-0.2, -0.15) is 4.37 Å². The number of nitrogens with one attached hydrogen (secondary N) is 2. The molecule has 0 radical (unpaired) electrons. The van der Waals surface area contributed by atoms with E-state index in [0.29, 0.717) is 0 Å². The van der Waals surface area contributed by atoms with E-state index in [1.165, 1.54) is 0 Å². The number of nitrogens with two attached hydrogens (primary N) is 1. The van der Waals surface area contributed by atoms with E-state index in [1.54, 1.807) is 0 Å². The third kappa shape index (κ3) is 3.51. The zero-order chi connectivity index (χ0) is 14.0. The van der Waals surface area contributed by atoms with Crippen LogP contribution >= 0.6 is 11.5 Å². The molecule has 1 heterocycles. The highest BCUT2D eigenvalue weighted by molar-refractivity contribution is 7.11. The first-order valence-corrected chi connectivity index (χ1v) is 6.52. The summed E-state index contributed by atoms with van der Waals surface area (Å²) in [6.45, 7) is -0.372. The number of anilines is 2. The van der Waals surface area contributed by atoms with E-state index in [1.807, 2.05) is 0 Å².